The highest BCUT2D eigenvalue weighted by atomic mass is 19.4. The fourth-order valence-electron chi connectivity index (χ4n) is 2.10. The third-order valence-corrected chi connectivity index (χ3v) is 3.29. The lowest BCUT2D eigenvalue weighted by molar-refractivity contribution is -0.137. The van der Waals surface area contributed by atoms with Crippen molar-refractivity contribution in [2.45, 2.75) is 26.1 Å². The lowest BCUT2D eigenvalue weighted by Crippen LogP contribution is -2.29. The molecule has 0 unspecified atom stereocenters. The Morgan fingerprint density at radius 2 is 1.59 bits per heavy atom. The number of anilines is 1. The molecular formula is C17H16F3NO. The van der Waals surface area contributed by atoms with Crippen molar-refractivity contribution in [1.29, 1.82) is 0 Å². The fourth-order valence-corrected chi connectivity index (χ4v) is 2.10. The molecule has 5 heteroatoms. The van der Waals surface area contributed by atoms with Crippen LogP contribution in [0.3, 0.4) is 0 Å². The number of nitrogens with zero attached hydrogens (tertiary/aromatic N) is 1. The summed E-state index contributed by atoms with van der Waals surface area (Å²) in [6.45, 7) is 2.00. The smallest absolute Gasteiger partial charge is 0.308 e. The van der Waals surface area contributed by atoms with E-state index < -0.39 is 11.7 Å². The number of carbonyl (C=O) groups is 1. The third kappa shape index (κ3) is 3.87. The standard InChI is InChI=1S/C17H16F3NO/c1-2-16(22)21(15-6-4-3-5-7-15)12-13-8-10-14(11-9-13)17(18,19)20/h3-11H,2,12H2,1H3. The van der Waals surface area contributed by atoms with Gasteiger partial charge in [0.15, 0.2) is 0 Å². The van der Waals surface area contributed by atoms with Crippen LogP contribution in [0.1, 0.15) is 24.5 Å². The Balaban J connectivity index is 2.23. The van der Waals surface area contributed by atoms with Gasteiger partial charge in [-0.15, -0.1) is 0 Å². The summed E-state index contributed by atoms with van der Waals surface area (Å²) in [4.78, 5) is 13.7. The molecule has 0 aliphatic carbocycles. The number of halogens is 3. The third-order valence-electron chi connectivity index (χ3n) is 3.29. The Hall–Kier alpha value is -2.30. The van der Waals surface area contributed by atoms with Crippen LogP contribution < -0.4 is 4.90 Å². The van der Waals surface area contributed by atoms with Gasteiger partial charge in [-0.2, -0.15) is 13.2 Å². The van der Waals surface area contributed by atoms with Crippen molar-refractivity contribution in [2.24, 2.45) is 0 Å². The molecule has 116 valence electrons. The summed E-state index contributed by atoms with van der Waals surface area (Å²) in [6.07, 6.45) is -4.02. The molecule has 2 rings (SSSR count). The monoisotopic (exact) mass is 307 g/mol. The molecule has 2 aromatic carbocycles. The molecule has 0 fully saturated rings. The maximum absolute atomic E-state index is 12.6. The minimum Gasteiger partial charge on any atom is -0.308 e. The first kappa shape index (κ1) is 16.1. The molecule has 0 atom stereocenters. The molecule has 0 saturated heterocycles. The molecule has 0 N–H and O–H groups in total. The van der Waals surface area contributed by atoms with Gasteiger partial charge >= 0.3 is 6.18 Å². The lowest BCUT2D eigenvalue weighted by Gasteiger charge is -2.22. The van der Waals surface area contributed by atoms with Crippen LogP contribution in [-0.4, -0.2) is 5.91 Å². The van der Waals surface area contributed by atoms with E-state index in [1.54, 1.807) is 24.0 Å². The Morgan fingerprint density at radius 1 is 1.00 bits per heavy atom. The van der Waals surface area contributed by atoms with E-state index in [-0.39, 0.29) is 12.5 Å². The second-order valence-corrected chi connectivity index (χ2v) is 4.86. The number of alkyl halides is 3. The highest BCUT2D eigenvalue weighted by Gasteiger charge is 2.30. The molecule has 1 amide bonds. The van der Waals surface area contributed by atoms with Crippen LogP contribution >= 0.6 is 0 Å². The SMILES string of the molecule is CCC(=O)N(Cc1ccc(C(F)(F)F)cc1)c1ccccc1. The van der Waals surface area contributed by atoms with Crippen molar-refractivity contribution in [2.75, 3.05) is 4.90 Å². The molecule has 0 bridgehead atoms. The molecule has 0 aliphatic rings. The van der Waals surface area contributed by atoms with E-state index in [1.165, 1.54) is 12.1 Å². The first-order chi connectivity index (χ1) is 10.4. The number of para-hydroxylation sites is 1. The highest BCUT2D eigenvalue weighted by molar-refractivity contribution is 5.93. The summed E-state index contributed by atoms with van der Waals surface area (Å²) in [7, 11) is 0. The minimum atomic E-state index is -4.35. The lowest BCUT2D eigenvalue weighted by atomic mass is 10.1. The van der Waals surface area contributed by atoms with Crippen molar-refractivity contribution < 1.29 is 18.0 Å². The van der Waals surface area contributed by atoms with Crippen molar-refractivity contribution in [1.82, 2.24) is 0 Å². The van der Waals surface area contributed by atoms with Crippen LogP contribution in [0.5, 0.6) is 0 Å². The normalized spacial score (nSPS) is 11.3. The molecule has 22 heavy (non-hydrogen) atoms. The molecule has 0 spiro atoms. The van der Waals surface area contributed by atoms with E-state index in [0.717, 1.165) is 17.8 Å². The zero-order valence-corrected chi connectivity index (χ0v) is 12.1. The minimum absolute atomic E-state index is 0.0777. The Kier molecular flexibility index (Phi) is 4.85. The predicted octanol–water partition coefficient (Wildman–Crippen LogP) is 4.65. The Bertz CT molecular complexity index is 621. The van der Waals surface area contributed by atoms with Crippen molar-refractivity contribution in [3.05, 3.63) is 65.7 Å². The molecule has 0 aliphatic heterocycles. The van der Waals surface area contributed by atoms with E-state index in [2.05, 4.69) is 0 Å². The molecule has 2 nitrogen and oxygen atoms in total. The first-order valence-corrected chi connectivity index (χ1v) is 6.93. The first-order valence-electron chi connectivity index (χ1n) is 6.93. The highest BCUT2D eigenvalue weighted by Crippen LogP contribution is 2.29. The van der Waals surface area contributed by atoms with Gasteiger partial charge in [-0.3, -0.25) is 4.79 Å². The van der Waals surface area contributed by atoms with Crippen LogP contribution in [0.25, 0.3) is 0 Å². The van der Waals surface area contributed by atoms with E-state index in [1.807, 2.05) is 18.2 Å². The number of benzene rings is 2. The largest absolute Gasteiger partial charge is 0.416 e. The van der Waals surface area contributed by atoms with Gasteiger partial charge in [-0.1, -0.05) is 37.3 Å². The molecule has 0 aromatic heterocycles. The van der Waals surface area contributed by atoms with E-state index in [9.17, 15) is 18.0 Å². The van der Waals surface area contributed by atoms with E-state index in [4.69, 9.17) is 0 Å². The topological polar surface area (TPSA) is 20.3 Å². The van der Waals surface area contributed by atoms with Crippen molar-refractivity contribution >= 4 is 11.6 Å². The van der Waals surface area contributed by atoms with Crippen LogP contribution in [0.15, 0.2) is 54.6 Å². The van der Waals surface area contributed by atoms with Gasteiger partial charge in [0.1, 0.15) is 0 Å². The van der Waals surface area contributed by atoms with Crippen LogP contribution in [0, 0.1) is 0 Å². The van der Waals surface area contributed by atoms with Gasteiger partial charge < -0.3 is 4.90 Å². The summed E-state index contributed by atoms with van der Waals surface area (Å²) < 4.78 is 37.7. The maximum atomic E-state index is 12.6. The Labute approximate surface area is 127 Å². The van der Waals surface area contributed by atoms with Gasteiger partial charge in [-0.05, 0) is 29.8 Å². The van der Waals surface area contributed by atoms with E-state index in [0.29, 0.717) is 12.0 Å². The van der Waals surface area contributed by atoms with E-state index >= 15 is 0 Å². The van der Waals surface area contributed by atoms with Crippen molar-refractivity contribution in [3.8, 4) is 0 Å². The fraction of sp³-hybridized carbons (Fsp3) is 0.235. The Morgan fingerprint density at radius 3 is 2.09 bits per heavy atom. The average Bonchev–Trinajstić information content (AvgIpc) is 2.52. The second kappa shape index (κ2) is 6.64. The van der Waals surface area contributed by atoms with Crippen molar-refractivity contribution in [3.63, 3.8) is 0 Å². The average molecular weight is 307 g/mol. The summed E-state index contributed by atoms with van der Waals surface area (Å²) in [5.41, 5.74) is 0.692. The number of hydrogen-bond acceptors (Lipinski definition) is 1. The molecule has 0 radical (unpaired) electrons. The predicted molar refractivity (Wildman–Crippen MR) is 79.4 cm³/mol. The molecular weight excluding hydrogens is 291 g/mol. The van der Waals surface area contributed by atoms with Crippen LogP contribution in [-0.2, 0) is 17.5 Å². The van der Waals surface area contributed by atoms with Gasteiger partial charge in [0.2, 0.25) is 5.91 Å². The van der Waals surface area contributed by atoms with Crippen LogP contribution in [0.4, 0.5) is 18.9 Å². The zero-order valence-electron chi connectivity index (χ0n) is 12.1. The van der Waals surface area contributed by atoms with Gasteiger partial charge in [0, 0.05) is 12.1 Å². The summed E-state index contributed by atoms with van der Waals surface area (Å²) >= 11 is 0. The van der Waals surface area contributed by atoms with Crippen LogP contribution in [0.2, 0.25) is 0 Å². The number of rotatable bonds is 4. The summed E-state index contributed by atoms with van der Waals surface area (Å²) in [5, 5.41) is 0. The second-order valence-electron chi connectivity index (χ2n) is 4.86. The quantitative estimate of drug-likeness (QED) is 0.805. The van der Waals surface area contributed by atoms with Gasteiger partial charge in [0.25, 0.3) is 0 Å². The molecule has 0 heterocycles. The van der Waals surface area contributed by atoms with Gasteiger partial charge in [-0.25, -0.2) is 0 Å². The summed E-state index contributed by atoms with van der Waals surface area (Å²) in [5.74, 6) is -0.0777. The molecule has 2 aromatic rings. The molecule has 0 saturated carbocycles. The number of amides is 1. The maximum Gasteiger partial charge on any atom is 0.416 e. The zero-order chi connectivity index (χ0) is 16.2. The summed E-state index contributed by atoms with van der Waals surface area (Å²) in [6, 6.07) is 14.0. The number of hydrogen-bond donors (Lipinski definition) is 0. The van der Waals surface area contributed by atoms with Gasteiger partial charge in [0.05, 0.1) is 12.1 Å². The number of carbonyl (C=O) groups excluding carboxylic acids is 1.